The van der Waals surface area contributed by atoms with E-state index < -0.39 is 6.04 Å². The van der Waals surface area contributed by atoms with Gasteiger partial charge >= 0.3 is 0 Å². The predicted octanol–water partition coefficient (Wildman–Crippen LogP) is 2.10. The van der Waals surface area contributed by atoms with Crippen LogP contribution in [-0.4, -0.2) is 37.4 Å². The number of nitrogens with one attached hydrogen (secondary N) is 1. The Balaban J connectivity index is 1.92. The molecule has 132 valence electrons. The summed E-state index contributed by atoms with van der Waals surface area (Å²) in [7, 11) is 3.34. The number of carbonyl (C=O) groups excluding carboxylic acids is 2. The highest BCUT2D eigenvalue weighted by atomic mass is 16.5. The Morgan fingerprint density at radius 3 is 2.24 bits per heavy atom. The zero-order chi connectivity index (χ0) is 18.4. The van der Waals surface area contributed by atoms with Gasteiger partial charge in [-0.15, -0.1) is 0 Å². The molecule has 3 N–H and O–H groups in total. The lowest BCUT2D eigenvalue weighted by atomic mass is 10.1. The summed E-state index contributed by atoms with van der Waals surface area (Å²) in [4.78, 5) is 25.2. The molecule has 0 aliphatic heterocycles. The molecule has 0 aliphatic carbocycles. The predicted molar refractivity (Wildman–Crippen MR) is 97.4 cm³/mol. The van der Waals surface area contributed by atoms with Crippen molar-refractivity contribution >= 4 is 17.5 Å². The first-order valence-corrected chi connectivity index (χ1v) is 7.93. The van der Waals surface area contributed by atoms with Crippen molar-refractivity contribution in [1.29, 1.82) is 0 Å². The third-order valence-electron chi connectivity index (χ3n) is 3.70. The first kappa shape index (κ1) is 18.5. The fraction of sp³-hybridized carbons (Fsp3) is 0.263. The van der Waals surface area contributed by atoms with E-state index in [1.807, 2.05) is 31.2 Å². The van der Waals surface area contributed by atoms with Crippen LogP contribution in [-0.2, 0) is 9.59 Å². The highest BCUT2D eigenvalue weighted by molar-refractivity contribution is 5.95. The summed E-state index contributed by atoms with van der Waals surface area (Å²) in [5.74, 6) is 0.137. The molecule has 0 radical (unpaired) electrons. The number of nitrogens with zero attached hydrogens (tertiary/aromatic N) is 1. The minimum Gasteiger partial charge on any atom is -0.484 e. The molecule has 25 heavy (non-hydrogen) atoms. The summed E-state index contributed by atoms with van der Waals surface area (Å²) >= 11 is 0. The Morgan fingerprint density at radius 2 is 1.68 bits per heavy atom. The van der Waals surface area contributed by atoms with Crippen LogP contribution in [0.4, 0.5) is 5.69 Å². The van der Waals surface area contributed by atoms with Gasteiger partial charge in [-0.2, -0.15) is 0 Å². The van der Waals surface area contributed by atoms with Gasteiger partial charge in [0.1, 0.15) is 11.8 Å². The lowest BCUT2D eigenvalue weighted by molar-refractivity contribution is -0.130. The molecule has 0 bridgehead atoms. The number of hydrogen-bond donors (Lipinski definition) is 2. The van der Waals surface area contributed by atoms with Crippen molar-refractivity contribution < 1.29 is 14.3 Å². The highest BCUT2D eigenvalue weighted by Crippen LogP contribution is 2.18. The van der Waals surface area contributed by atoms with Gasteiger partial charge in [0, 0.05) is 19.8 Å². The fourth-order valence-electron chi connectivity index (χ4n) is 2.05. The number of amides is 2. The summed E-state index contributed by atoms with van der Waals surface area (Å²) < 4.78 is 5.39. The molecule has 2 rings (SSSR count). The SMILES string of the molecule is Cc1ccc(C(N)C(=O)Nc2ccc(OCC(=O)N(C)C)cc2)cc1. The van der Waals surface area contributed by atoms with E-state index in [1.165, 1.54) is 4.90 Å². The summed E-state index contributed by atoms with van der Waals surface area (Å²) in [6.07, 6.45) is 0. The Morgan fingerprint density at radius 1 is 1.08 bits per heavy atom. The lowest BCUT2D eigenvalue weighted by Crippen LogP contribution is -2.28. The van der Waals surface area contributed by atoms with Crippen molar-refractivity contribution in [3.8, 4) is 5.75 Å². The minimum atomic E-state index is -0.741. The quantitative estimate of drug-likeness (QED) is 0.843. The number of likely N-dealkylation sites (N-methyl/N-ethyl adjacent to an activating group) is 1. The van der Waals surface area contributed by atoms with Crippen molar-refractivity contribution in [3.63, 3.8) is 0 Å². The molecule has 0 heterocycles. The van der Waals surface area contributed by atoms with E-state index >= 15 is 0 Å². The third-order valence-corrected chi connectivity index (χ3v) is 3.70. The van der Waals surface area contributed by atoms with Crippen LogP contribution in [0.25, 0.3) is 0 Å². The van der Waals surface area contributed by atoms with E-state index in [-0.39, 0.29) is 18.4 Å². The highest BCUT2D eigenvalue weighted by Gasteiger charge is 2.15. The molecule has 0 saturated carbocycles. The summed E-state index contributed by atoms with van der Waals surface area (Å²) in [6, 6.07) is 13.6. The molecule has 2 aromatic rings. The van der Waals surface area contributed by atoms with E-state index in [1.54, 1.807) is 38.4 Å². The number of benzene rings is 2. The monoisotopic (exact) mass is 341 g/mol. The van der Waals surface area contributed by atoms with Crippen molar-refractivity contribution in [2.45, 2.75) is 13.0 Å². The minimum absolute atomic E-state index is 0.0308. The van der Waals surface area contributed by atoms with Gasteiger partial charge in [-0.05, 0) is 36.8 Å². The normalized spacial score (nSPS) is 11.5. The topological polar surface area (TPSA) is 84.7 Å². The molecule has 6 heteroatoms. The van der Waals surface area contributed by atoms with Crippen molar-refractivity contribution in [2.24, 2.45) is 5.73 Å². The molecule has 0 spiro atoms. The Hall–Kier alpha value is -2.86. The van der Waals surface area contributed by atoms with E-state index in [9.17, 15) is 9.59 Å². The molecule has 0 saturated heterocycles. The molecular formula is C19H23N3O3. The second kappa shape index (κ2) is 8.30. The van der Waals surface area contributed by atoms with Gasteiger partial charge < -0.3 is 20.7 Å². The number of rotatable bonds is 6. The van der Waals surface area contributed by atoms with Gasteiger partial charge in [0.05, 0.1) is 0 Å². The molecule has 0 fully saturated rings. The van der Waals surface area contributed by atoms with Crippen LogP contribution in [0.2, 0.25) is 0 Å². The number of aryl methyl sites for hydroxylation is 1. The molecule has 0 aliphatic rings. The average Bonchev–Trinajstić information content (AvgIpc) is 2.60. The fourth-order valence-corrected chi connectivity index (χ4v) is 2.05. The van der Waals surface area contributed by atoms with Crippen LogP contribution in [0.5, 0.6) is 5.75 Å². The van der Waals surface area contributed by atoms with Gasteiger partial charge in [-0.1, -0.05) is 29.8 Å². The lowest BCUT2D eigenvalue weighted by Gasteiger charge is -2.14. The van der Waals surface area contributed by atoms with Gasteiger partial charge in [-0.25, -0.2) is 0 Å². The second-order valence-corrected chi connectivity index (χ2v) is 5.98. The standard InChI is InChI=1S/C19H23N3O3/c1-13-4-6-14(7-5-13)18(20)19(24)21-15-8-10-16(11-9-15)25-12-17(23)22(2)3/h4-11,18H,12,20H2,1-3H3,(H,21,24). The van der Waals surface area contributed by atoms with Crippen molar-refractivity contribution in [2.75, 3.05) is 26.0 Å². The number of ether oxygens (including phenoxy) is 1. The Kier molecular flexibility index (Phi) is 6.14. The average molecular weight is 341 g/mol. The summed E-state index contributed by atoms with van der Waals surface area (Å²) in [5.41, 5.74) is 8.47. The zero-order valence-electron chi connectivity index (χ0n) is 14.7. The maximum atomic E-state index is 12.3. The van der Waals surface area contributed by atoms with Crippen LogP contribution in [0.3, 0.4) is 0 Å². The van der Waals surface area contributed by atoms with Gasteiger partial charge in [0.2, 0.25) is 5.91 Å². The van der Waals surface area contributed by atoms with Crippen molar-refractivity contribution in [3.05, 3.63) is 59.7 Å². The molecule has 1 unspecified atom stereocenters. The smallest absolute Gasteiger partial charge is 0.259 e. The van der Waals surface area contributed by atoms with Crippen LogP contribution in [0.15, 0.2) is 48.5 Å². The van der Waals surface area contributed by atoms with Crippen LogP contribution < -0.4 is 15.8 Å². The summed E-state index contributed by atoms with van der Waals surface area (Å²) in [6.45, 7) is 1.95. The van der Waals surface area contributed by atoms with E-state index in [4.69, 9.17) is 10.5 Å². The molecule has 0 aromatic heterocycles. The van der Waals surface area contributed by atoms with Gasteiger partial charge in [0.25, 0.3) is 5.91 Å². The number of carbonyl (C=O) groups is 2. The maximum absolute atomic E-state index is 12.3. The van der Waals surface area contributed by atoms with Crippen LogP contribution in [0, 0.1) is 6.92 Å². The Labute approximate surface area is 147 Å². The van der Waals surface area contributed by atoms with Crippen LogP contribution in [0.1, 0.15) is 17.2 Å². The van der Waals surface area contributed by atoms with Crippen molar-refractivity contribution in [1.82, 2.24) is 4.90 Å². The zero-order valence-corrected chi connectivity index (χ0v) is 14.7. The van der Waals surface area contributed by atoms with Gasteiger partial charge in [-0.3, -0.25) is 9.59 Å². The second-order valence-electron chi connectivity index (χ2n) is 5.98. The van der Waals surface area contributed by atoms with Crippen LogP contribution >= 0.6 is 0 Å². The number of anilines is 1. The van der Waals surface area contributed by atoms with E-state index in [0.717, 1.165) is 11.1 Å². The number of nitrogens with two attached hydrogens (primary N) is 1. The molecule has 2 aromatic carbocycles. The molecule has 2 amide bonds. The summed E-state index contributed by atoms with van der Waals surface area (Å²) in [5, 5.41) is 2.77. The third kappa shape index (κ3) is 5.32. The molecular weight excluding hydrogens is 318 g/mol. The van der Waals surface area contributed by atoms with E-state index in [0.29, 0.717) is 11.4 Å². The number of hydrogen-bond acceptors (Lipinski definition) is 4. The molecule has 6 nitrogen and oxygen atoms in total. The first-order chi connectivity index (χ1) is 11.9. The first-order valence-electron chi connectivity index (χ1n) is 7.93. The Bertz CT molecular complexity index is 725. The van der Waals surface area contributed by atoms with Gasteiger partial charge in [0.15, 0.2) is 6.61 Å². The molecule has 1 atom stereocenters. The largest absolute Gasteiger partial charge is 0.484 e. The van der Waals surface area contributed by atoms with E-state index in [2.05, 4.69) is 5.32 Å². The maximum Gasteiger partial charge on any atom is 0.259 e.